The van der Waals surface area contributed by atoms with Crippen molar-refractivity contribution in [1.29, 1.82) is 0 Å². The van der Waals surface area contributed by atoms with Gasteiger partial charge in [-0.25, -0.2) is 10.4 Å². The molecule has 1 amide bonds. The minimum atomic E-state index is -0.315. The number of aliphatic imine (C=N–C) groups is 1. The van der Waals surface area contributed by atoms with Gasteiger partial charge in [-0.05, 0) is 47.5 Å². The highest BCUT2D eigenvalue weighted by atomic mass is 35.5. The van der Waals surface area contributed by atoms with Crippen LogP contribution in [0.2, 0.25) is 10.0 Å². The number of carbonyl (C=O) groups is 1. The predicted octanol–water partition coefficient (Wildman–Crippen LogP) is 8.79. The third-order valence-corrected chi connectivity index (χ3v) is 9.06. The van der Waals surface area contributed by atoms with Crippen LogP contribution in [0.15, 0.2) is 161 Å². The Bertz CT molecular complexity index is 1920. The molecule has 0 saturated carbocycles. The number of halogens is 2. The number of guanidine groups is 1. The summed E-state index contributed by atoms with van der Waals surface area (Å²) in [5.41, 5.74) is 14.3. The van der Waals surface area contributed by atoms with Gasteiger partial charge in [0.2, 0.25) is 5.96 Å². The maximum Gasteiger partial charge on any atom is 0.257 e. The van der Waals surface area contributed by atoms with Crippen molar-refractivity contribution < 1.29 is 4.79 Å². The van der Waals surface area contributed by atoms with Gasteiger partial charge in [-0.15, -0.1) is 11.8 Å². The first-order valence-electron chi connectivity index (χ1n) is 14.8. The fraction of sp³-hybridized carbons (Fsp3) is 0.0541. The first kappa shape index (κ1) is 31.9. The van der Waals surface area contributed by atoms with Gasteiger partial charge in [-0.3, -0.25) is 10.2 Å². The van der Waals surface area contributed by atoms with Crippen molar-refractivity contribution >= 4 is 58.2 Å². The second-order valence-electron chi connectivity index (χ2n) is 10.4. The van der Waals surface area contributed by atoms with Crippen LogP contribution in [0, 0.1) is 0 Å². The van der Waals surface area contributed by atoms with E-state index in [0.29, 0.717) is 22.2 Å². The first-order valence-corrected chi connectivity index (χ1v) is 16.5. The van der Waals surface area contributed by atoms with Crippen molar-refractivity contribution in [2.45, 2.75) is 16.2 Å². The molecule has 0 aromatic heterocycles. The molecule has 47 heavy (non-hydrogen) atoms. The lowest BCUT2D eigenvalue weighted by Crippen LogP contribution is -2.44. The molecule has 234 valence electrons. The largest absolute Gasteiger partial charge is 0.321 e. The SMILES string of the molecule is O=C(Nc1ccccc1S[C@@H](/C=C\NNC1=N[C@H](c2ccccc2)C(c2ccccc2)=NN1)c1ccccc1)c1ccc(Cl)cc1Cl. The summed E-state index contributed by atoms with van der Waals surface area (Å²) < 4.78 is 0. The summed E-state index contributed by atoms with van der Waals surface area (Å²) in [5, 5.41) is 8.35. The van der Waals surface area contributed by atoms with E-state index in [1.807, 2.05) is 103 Å². The predicted molar refractivity (Wildman–Crippen MR) is 194 cm³/mol. The third kappa shape index (κ3) is 8.23. The van der Waals surface area contributed by atoms with Crippen molar-refractivity contribution in [2.75, 3.05) is 5.32 Å². The molecule has 0 spiro atoms. The van der Waals surface area contributed by atoms with Crippen LogP contribution in [0.1, 0.15) is 38.3 Å². The smallest absolute Gasteiger partial charge is 0.257 e. The molecule has 1 aliphatic heterocycles. The molecule has 0 aliphatic carbocycles. The van der Waals surface area contributed by atoms with Gasteiger partial charge in [-0.2, -0.15) is 5.10 Å². The number of benzene rings is 5. The zero-order valence-electron chi connectivity index (χ0n) is 25.0. The Morgan fingerprint density at radius 1 is 0.830 bits per heavy atom. The van der Waals surface area contributed by atoms with Gasteiger partial charge in [0.25, 0.3) is 5.91 Å². The highest BCUT2D eigenvalue weighted by Gasteiger charge is 2.24. The topological polar surface area (TPSA) is 89.9 Å². The minimum absolute atomic E-state index is 0.0938. The Kier molecular flexibility index (Phi) is 10.5. The lowest BCUT2D eigenvalue weighted by molar-refractivity contribution is 0.102. The Balaban J connectivity index is 1.17. The fourth-order valence-corrected chi connectivity index (χ4v) is 6.55. The summed E-state index contributed by atoms with van der Waals surface area (Å²) in [6.45, 7) is 0. The molecule has 0 radical (unpaired) electrons. The van der Waals surface area contributed by atoms with Crippen LogP contribution < -0.4 is 21.6 Å². The molecule has 6 rings (SSSR count). The van der Waals surface area contributed by atoms with Crippen molar-refractivity contribution in [3.05, 3.63) is 178 Å². The van der Waals surface area contributed by atoms with E-state index in [2.05, 4.69) is 51.0 Å². The molecule has 0 fully saturated rings. The number of para-hydroxylation sites is 1. The number of hydrogen-bond donors (Lipinski definition) is 4. The number of nitrogens with one attached hydrogen (secondary N) is 4. The number of hydrogen-bond acceptors (Lipinski definition) is 7. The van der Waals surface area contributed by atoms with Gasteiger partial charge in [0.1, 0.15) is 6.04 Å². The number of hydrazone groups is 1. The lowest BCUT2D eigenvalue weighted by Gasteiger charge is -2.23. The molecule has 5 aromatic rings. The highest BCUT2D eigenvalue weighted by Crippen LogP contribution is 2.40. The number of hydrazine groups is 1. The Hall–Kier alpha value is -5.02. The molecule has 0 bridgehead atoms. The van der Waals surface area contributed by atoms with Crippen molar-refractivity contribution in [3.8, 4) is 0 Å². The fourth-order valence-electron chi connectivity index (χ4n) is 4.93. The lowest BCUT2D eigenvalue weighted by atomic mass is 9.97. The maximum atomic E-state index is 13.1. The van der Waals surface area contributed by atoms with E-state index in [0.717, 1.165) is 27.3 Å². The number of anilines is 1. The van der Waals surface area contributed by atoms with E-state index in [-0.39, 0.29) is 22.2 Å². The summed E-state index contributed by atoms with van der Waals surface area (Å²) in [6.07, 6.45) is 3.87. The van der Waals surface area contributed by atoms with E-state index < -0.39 is 0 Å². The van der Waals surface area contributed by atoms with Crippen LogP contribution in [0.4, 0.5) is 5.69 Å². The van der Waals surface area contributed by atoms with Crippen LogP contribution in [0.5, 0.6) is 0 Å². The molecule has 7 nitrogen and oxygen atoms in total. The molecule has 10 heteroatoms. The number of amides is 1. The van der Waals surface area contributed by atoms with Gasteiger partial charge in [0, 0.05) is 21.7 Å². The summed E-state index contributed by atoms with van der Waals surface area (Å²) in [5.74, 6) is 0.172. The van der Waals surface area contributed by atoms with Gasteiger partial charge >= 0.3 is 0 Å². The standard InChI is InChI=1S/C37H30Cl2N6OS/c38-28-20-21-29(30(39)24-28)36(46)41-31-18-10-11-19-33(31)47-32(25-12-4-1-5-13-25)22-23-40-44-37-42-34(26-14-6-2-7-15-26)35(43-45-37)27-16-8-3-9-17-27/h1-24,32,34,40H,(H,41,46)(H2,42,44,45)/b23-22-/t32-,34+/m0/s1. The van der Waals surface area contributed by atoms with Crippen molar-refractivity contribution in [1.82, 2.24) is 16.3 Å². The van der Waals surface area contributed by atoms with E-state index in [9.17, 15) is 4.79 Å². The van der Waals surface area contributed by atoms with Crippen molar-refractivity contribution in [3.63, 3.8) is 0 Å². The van der Waals surface area contributed by atoms with Crippen LogP contribution in [-0.2, 0) is 0 Å². The van der Waals surface area contributed by atoms with E-state index in [1.165, 1.54) is 0 Å². The van der Waals surface area contributed by atoms with Gasteiger partial charge < -0.3 is 10.7 Å². The Morgan fingerprint density at radius 2 is 1.51 bits per heavy atom. The summed E-state index contributed by atoms with van der Waals surface area (Å²) in [6, 6.07) is 42.5. The molecule has 1 aliphatic rings. The Morgan fingerprint density at radius 3 is 2.26 bits per heavy atom. The number of thioether (sulfide) groups is 1. The average molecular weight is 678 g/mol. The third-order valence-electron chi connectivity index (χ3n) is 7.22. The van der Waals surface area contributed by atoms with Gasteiger partial charge in [0.15, 0.2) is 0 Å². The molecule has 0 unspecified atom stereocenters. The molecule has 1 heterocycles. The van der Waals surface area contributed by atoms with E-state index in [4.69, 9.17) is 28.2 Å². The van der Waals surface area contributed by atoms with Crippen LogP contribution in [0.3, 0.4) is 0 Å². The van der Waals surface area contributed by atoms with Crippen LogP contribution in [0.25, 0.3) is 0 Å². The zero-order chi connectivity index (χ0) is 32.4. The average Bonchev–Trinajstić information content (AvgIpc) is 3.11. The molecule has 2 atom stereocenters. The monoisotopic (exact) mass is 676 g/mol. The van der Waals surface area contributed by atoms with Gasteiger partial charge in [0.05, 0.1) is 27.2 Å². The van der Waals surface area contributed by atoms with Crippen molar-refractivity contribution in [2.24, 2.45) is 10.1 Å². The maximum absolute atomic E-state index is 13.1. The Labute approximate surface area is 287 Å². The van der Waals surface area contributed by atoms with Gasteiger partial charge in [-0.1, -0.05) is 126 Å². The summed E-state index contributed by atoms with van der Waals surface area (Å²) >= 11 is 13.9. The first-order chi connectivity index (χ1) is 23.0. The second-order valence-corrected chi connectivity index (χ2v) is 12.4. The molecule has 0 saturated heterocycles. The number of nitrogens with zero attached hydrogens (tertiary/aromatic N) is 2. The zero-order valence-corrected chi connectivity index (χ0v) is 27.3. The quantitative estimate of drug-likeness (QED) is 0.0877. The van der Waals surface area contributed by atoms with Crippen LogP contribution in [-0.4, -0.2) is 17.6 Å². The van der Waals surface area contributed by atoms with E-state index >= 15 is 0 Å². The minimum Gasteiger partial charge on any atom is -0.321 e. The molecular weight excluding hydrogens is 647 g/mol. The number of carbonyl (C=O) groups excluding carboxylic acids is 1. The highest BCUT2D eigenvalue weighted by molar-refractivity contribution is 7.99. The summed E-state index contributed by atoms with van der Waals surface area (Å²) in [4.78, 5) is 18.9. The molecule has 4 N–H and O–H groups in total. The second kappa shape index (κ2) is 15.5. The summed E-state index contributed by atoms with van der Waals surface area (Å²) in [7, 11) is 0. The molecule has 5 aromatic carbocycles. The normalized spacial score (nSPS) is 14.8. The molecular formula is C37H30Cl2N6OS. The van der Waals surface area contributed by atoms with E-state index in [1.54, 1.807) is 30.0 Å². The number of rotatable bonds is 10. The van der Waals surface area contributed by atoms with Crippen LogP contribution >= 0.6 is 35.0 Å².